The van der Waals surface area contributed by atoms with E-state index in [1.165, 1.54) is 0 Å². The SMILES string of the molecule is Cc1nnnn1-c1ccccc1CC(=O)N1CCOc2cc(C(=O)NO)ccc2C1. The molecule has 0 fully saturated rings. The van der Waals surface area contributed by atoms with Crippen molar-refractivity contribution in [3.63, 3.8) is 0 Å². The summed E-state index contributed by atoms with van der Waals surface area (Å²) in [4.78, 5) is 26.4. The Morgan fingerprint density at radius 2 is 2.07 bits per heavy atom. The van der Waals surface area contributed by atoms with E-state index in [0.717, 1.165) is 16.8 Å². The summed E-state index contributed by atoms with van der Waals surface area (Å²) in [5.41, 5.74) is 4.26. The van der Waals surface area contributed by atoms with E-state index in [4.69, 9.17) is 9.94 Å². The highest BCUT2D eigenvalue weighted by Gasteiger charge is 2.22. The average molecular weight is 408 g/mol. The van der Waals surface area contributed by atoms with E-state index in [-0.39, 0.29) is 17.9 Å². The Morgan fingerprint density at radius 3 is 2.83 bits per heavy atom. The lowest BCUT2D eigenvalue weighted by molar-refractivity contribution is -0.131. The monoisotopic (exact) mass is 408 g/mol. The zero-order chi connectivity index (χ0) is 21.1. The van der Waals surface area contributed by atoms with Gasteiger partial charge in [0.15, 0.2) is 5.82 Å². The highest BCUT2D eigenvalue weighted by atomic mass is 16.5. The summed E-state index contributed by atoms with van der Waals surface area (Å²) >= 11 is 0. The first kappa shape index (κ1) is 19.5. The van der Waals surface area contributed by atoms with Crippen molar-refractivity contribution in [1.29, 1.82) is 0 Å². The summed E-state index contributed by atoms with van der Waals surface area (Å²) in [6.07, 6.45) is 0.190. The predicted octanol–water partition coefficient (Wildman–Crippen LogP) is 1.05. The smallest absolute Gasteiger partial charge is 0.274 e. The Morgan fingerprint density at radius 1 is 1.23 bits per heavy atom. The number of aromatic nitrogens is 4. The van der Waals surface area contributed by atoms with Gasteiger partial charge >= 0.3 is 0 Å². The van der Waals surface area contributed by atoms with E-state index in [1.807, 2.05) is 24.3 Å². The van der Waals surface area contributed by atoms with E-state index in [2.05, 4.69) is 15.5 Å². The second-order valence-electron chi connectivity index (χ2n) is 6.87. The van der Waals surface area contributed by atoms with Crippen LogP contribution in [0.15, 0.2) is 42.5 Å². The first-order valence-electron chi connectivity index (χ1n) is 9.38. The molecule has 0 unspecified atom stereocenters. The molecule has 3 aromatic rings. The van der Waals surface area contributed by atoms with E-state index in [1.54, 1.807) is 40.2 Å². The summed E-state index contributed by atoms with van der Waals surface area (Å²) < 4.78 is 7.33. The number of para-hydroxylation sites is 1. The molecule has 2 N–H and O–H groups in total. The van der Waals surface area contributed by atoms with Crippen LogP contribution in [0.1, 0.15) is 27.3 Å². The fraction of sp³-hybridized carbons (Fsp3) is 0.250. The van der Waals surface area contributed by atoms with Crippen molar-refractivity contribution in [3.8, 4) is 11.4 Å². The Labute approximate surface area is 172 Å². The summed E-state index contributed by atoms with van der Waals surface area (Å²) in [7, 11) is 0. The number of carbonyl (C=O) groups excluding carboxylic acids is 2. The van der Waals surface area contributed by atoms with Gasteiger partial charge in [0, 0.05) is 17.7 Å². The van der Waals surface area contributed by atoms with Gasteiger partial charge in [-0.15, -0.1) is 5.10 Å². The molecule has 1 aliphatic heterocycles. The van der Waals surface area contributed by atoms with Crippen LogP contribution >= 0.6 is 0 Å². The molecule has 0 aliphatic carbocycles. The largest absolute Gasteiger partial charge is 0.491 e. The topological polar surface area (TPSA) is 122 Å². The van der Waals surface area contributed by atoms with Gasteiger partial charge in [-0.3, -0.25) is 14.8 Å². The molecule has 0 radical (unpaired) electrons. The number of aryl methyl sites for hydroxylation is 1. The third-order valence-corrected chi connectivity index (χ3v) is 4.95. The maximum absolute atomic E-state index is 13.1. The second-order valence-corrected chi connectivity index (χ2v) is 6.87. The predicted molar refractivity (Wildman–Crippen MR) is 104 cm³/mol. The average Bonchev–Trinajstić information content (AvgIpc) is 3.06. The number of benzene rings is 2. The molecule has 2 amide bonds. The minimum Gasteiger partial charge on any atom is -0.491 e. The van der Waals surface area contributed by atoms with E-state index in [0.29, 0.717) is 31.3 Å². The molecule has 0 bridgehead atoms. The maximum atomic E-state index is 13.1. The molecule has 2 aromatic carbocycles. The number of hydrogen-bond acceptors (Lipinski definition) is 7. The van der Waals surface area contributed by atoms with Crippen molar-refractivity contribution in [3.05, 3.63) is 65.0 Å². The highest BCUT2D eigenvalue weighted by molar-refractivity contribution is 5.93. The summed E-state index contributed by atoms with van der Waals surface area (Å²) in [5.74, 6) is 0.487. The normalized spacial score (nSPS) is 13.2. The van der Waals surface area contributed by atoms with Gasteiger partial charge in [0.25, 0.3) is 5.91 Å². The highest BCUT2D eigenvalue weighted by Crippen LogP contribution is 2.25. The van der Waals surface area contributed by atoms with Crippen molar-refractivity contribution in [2.24, 2.45) is 0 Å². The standard InChI is InChI=1S/C20H20N6O4/c1-13-21-23-24-26(13)17-5-3-2-4-14(17)11-19(27)25-8-9-30-18-10-15(20(28)22-29)6-7-16(18)12-25/h2-7,10,29H,8-9,11-12H2,1H3,(H,22,28). The number of carbonyl (C=O) groups is 2. The Hall–Kier alpha value is -3.79. The first-order chi connectivity index (χ1) is 14.6. The number of nitrogens with zero attached hydrogens (tertiary/aromatic N) is 5. The van der Waals surface area contributed by atoms with E-state index < -0.39 is 5.91 Å². The van der Waals surface area contributed by atoms with Crippen LogP contribution in [0.25, 0.3) is 5.69 Å². The van der Waals surface area contributed by atoms with Gasteiger partial charge in [0.05, 0.1) is 18.7 Å². The number of tetrazole rings is 1. The number of nitrogens with one attached hydrogen (secondary N) is 1. The van der Waals surface area contributed by atoms with Gasteiger partial charge in [-0.1, -0.05) is 24.3 Å². The Kier molecular flexibility index (Phi) is 5.40. The number of rotatable bonds is 4. The van der Waals surface area contributed by atoms with Gasteiger partial charge in [0.1, 0.15) is 12.4 Å². The molecule has 0 saturated carbocycles. The third-order valence-electron chi connectivity index (χ3n) is 4.95. The summed E-state index contributed by atoms with van der Waals surface area (Å²) in [6, 6.07) is 12.4. The lowest BCUT2D eigenvalue weighted by Gasteiger charge is -2.20. The number of ether oxygens (including phenoxy) is 1. The molecule has 0 saturated heterocycles. The molecule has 1 aliphatic rings. The lowest BCUT2D eigenvalue weighted by Crippen LogP contribution is -2.33. The van der Waals surface area contributed by atoms with Gasteiger partial charge in [-0.25, -0.2) is 5.48 Å². The van der Waals surface area contributed by atoms with Crippen LogP contribution in [-0.4, -0.2) is 55.3 Å². The van der Waals surface area contributed by atoms with Crippen LogP contribution in [0.5, 0.6) is 5.75 Å². The van der Waals surface area contributed by atoms with Crippen molar-refractivity contribution in [2.45, 2.75) is 19.9 Å². The van der Waals surface area contributed by atoms with Crippen molar-refractivity contribution >= 4 is 11.8 Å². The number of hydroxylamine groups is 1. The minimum atomic E-state index is -0.618. The molecule has 1 aromatic heterocycles. The molecule has 4 rings (SSSR count). The van der Waals surface area contributed by atoms with Crippen molar-refractivity contribution < 1.29 is 19.5 Å². The fourth-order valence-electron chi connectivity index (χ4n) is 3.38. The second kappa shape index (κ2) is 8.29. The van der Waals surface area contributed by atoms with E-state index >= 15 is 0 Å². The maximum Gasteiger partial charge on any atom is 0.274 e. The number of hydrogen-bond donors (Lipinski definition) is 2. The number of fused-ring (bicyclic) bond motifs is 1. The molecular formula is C20H20N6O4. The minimum absolute atomic E-state index is 0.0539. The van der Waals surface area contributed by atoms with Crippen LogP contribution < -0.4 is 10.2 Å². The Balaban J connectivity index is 1.54. The zero-order valence-electron chi connectivity index (χ0n) is 16.3. The zero-order valence-corrected chi connectivity index (χ0v) is 16.3. The van der Waals surface area contributed by atoms with Gasteiger partial charge in [-0.05, 0) is 41.1 Å². The van der Waals surface area contributed by atoms with Gasteiger partial charge in [-0.2, -0.15) is 4.68 Å². The van der Waals surface area contributed by atoms with Crippen LogP contribution in [0.4, 0.5) is 0 Å². The molecule has 30 heavy (non-hydrogen) atoms. The summed E-state index contributed by atoms with van der Waals surface area (Å²) in [6.45, 7) is 2.88. The number of amides is 2. The Bertz CT molecular complexity index is 1100. The molecular weight excluding hydrogens is 388 g/mol. The van der Waals surface area contributed by atoms with Crippen LogP contribution in [0.3, 0.4) is 0 Å². The quantitative estimate of drug-likeness (QED) is 0.489. The molecule has 2 heterocycles. The van der Waals surface area contributed by atoms with Gasteiger partial charge < -0.3 is 9.64 Å². The first-order valence-corrected chi connectivity index (χ1v) is 9.38. The molecule has 10 heteroatoms. The molecule has 0 atom stereocenters. The van der Waals surface area contributed by atoms with E-state index in [9.17, 15) is 9.59 Å². The van der Waals surface area contributed by atoms with Crippen molar-refractivity contribution in [2.75, 3.05) is 13.2 Å². The third kappa shape index (κ3) is 3.85. The van der Waals surface area contributed by atoms with Gasteiger partial charge in [0.2, 0.25) is 5.91 Å². The molecule has 0 spiro atoms. The molecule has 10 nitrogen and oxygen atoms in total. The summed E-state index contributed by atoms with van der Waals surface area (Å²) in [5, 5.41) is 20.4. The van der Waals surface area contributed by atoms with Crippen LogP contribution in [0.2, 0.25) is 0 Å². The van der Waals surface area contributed by atoms with Crippen molar-refractivity contribution in [1.82, 2.24) is 30.6 Å². The fourth-order valence-corrected chi connectivity index (χ4v) is 3.38. The lowest BCUT2D eigenvalue weighted by atomic mass is 10.1. The van der Waals surface area contributed by atoms with Crippen LogP contribution in [-0.2, 0) is 17.8 Å². The molecule has 154 valence electrons. The van der Waals surface area contributed by atoms with Crippen LogP contribution in [0, 0.1) is 6.92 Å².